The summed E-state index contributed by atoms with van der Waals surface area (Å²) < 4.78 is 0. The van der Waals surface area contributed by atoms with Crippen molar-refractivity contribution < 1.29 is 0 Å². The zero-order valence-electron chi connectivity index (χ0n) is 12.6. The van der Waals surface area contributed by atoms with E-state index in [0.717, 1.165) is 37.6 Å². The molecule has 0 amide bonds. The smallest absolute Gasteiger partial charge is 0.125 e. The van der Waals surface area contributed by atoms with Gasteiger partial charge in [0.1, 0.15) is 5.82 Å². The number of hydrogen-bond acceptors (Lipinski definition) is 4. The molecule has 1 unspecified atom stereocenters. The molecule has 1 saturated heterocycles. The van der Waals surface area contributed by atoms with Gasteiger partial charge in [-0.1, -0.05) is 18.2 Å². The van der Waals surface area contributed by atoms with Crippen LogP contribution in [0.1, 0.15) is 17.5 Å². The Balaban J connectivity index is 1.49. The Morgan fingerprint density at radius 3 is 3.05 bits per heavy atom. The highest BCUT2D eigenvalue weighted by molar-refractivity contribution is 5.33. The third kappa shape index (κ3) is 3.84. The number of nitrogens with one attached hydrogen (secondary N) is 1. The molecule has 3 rings (SSSR count). The minimum atomic E-state index is 0.654. The lowest BCUT2D eigenvalue weighted by atomic mass is 10.1. The van der Waals surface area contributed by atoms with E-state index >= 15 is 0 Å². The molecule has 1 aromatic heterocycles. The van der Waals surface area contributed by atoms with Gasteiger partial charge in [-0.2, -0.15) is 5.26 Å². The molecule has 1 aromatic carbocycles. The molecular weight excluding hydrogens is 272 g/mol. The number of likely N-dealkylation sites (tertiary alicyclic amines) is 1. The van der Waals surface area contributed by atoms with E-state index < -0.39 is 0 Å². The first-order chi connectivity index (χ1) is 10.8. The van der Waals surface area contributed by atoms with Crippen molar-refractivity contribution in [2.75, 3.05) is 25.0 Å². The van der Waals surface area contributed by atoms with Crippen LogP contribution in [0.15, 0.2) is 48.7 Å². The van der Waals surface area contributed by atoms with Crippen molar-refractivity contribution in [3.8, 4) is 6.07 Å². The summed E-state index contributed by atoms with van der Waals surface area (Å²) in [4.78, 5) is 6.75. The van der Waals surface area contributed by atoms with Gasteiger partial charge in [0.25, 0.3) is 0 Å². The van der Waals surface area contributed by atoms with E-state index in [1.165, 1.54) is 12.0 Å². The van der Waals surface area contributed by atoms with Gasteiger partial charge in [0.05, 0.1) is 11.6 Å². The molecule has 0 spiro atoms. The van der Waals surface area contributed by atoms with Crippen molar-refractivity contribution >= 4 is 5.82 Å². The summed E-state index contributed by atoms with van der Waals surface area (Å²) in [6.07, 6.45) is 3.02. The Hall–Kier alpha value is -2.38. The minimum absolute atomic E-state index is 0.654. The molecule has 112 valence electrons. The molecule has 22 heavy (non-hydrogen) atoms. The molecule has 1 N–H and O–H groups in total. The van der Waals surface area contributed by atoms with Gasteiger partial charge in [-0.15, -0.1) is 0 Å². The van der Waals surface area contributed by atoms with Gasteiger partial charge < -0.3 is 5.32 Å². The highest BCUT2D eigenvalue weighted by Crippen LogP contribution is 2.19. The van der Waals surface area contributed by atoms with Crippen LogP contribution in [0.4, 0.5) is 5.82 Å². The van der Waals surface area contributed by atoms with E-state index in [-0.39, 0.29) is 0 Å². The molecule has 4 nitrogen and oxygen atoms in total. The summed E-state index contributed by atoms with van der Waals surface area (Å²) in [6, 6.07) is 16.0. The van der Waals surface area contributed by atoms with Gasteiger partial charge in [0.15, 0.2) is 0 Å². The van der Waals surface area contributed by atoms with Gasteiger partial charge >= 0.3 is 0 Å². The number of aromatic nitrogens is 1. The van der Waals surface area contributed by atoms with Crippen molar-refractivity contribution in [3.63, 3.8) is 0 Å². The SMILES string of the molecule is N#Cc1cccc(CN2CCC(CNc3ccccn3)C2)c1. The van der Waals surface area contributed by atoms with E-state index in [1.807, 2.05) is 42.6 Å². The lowest BCUT2D eigenvalue weighted by Crippen LogP contribution is -2.22. The molecular formula is C18H20N4. The number of nitriles is 1. The lowest BCUT2D eigenvalue weighted by Gasteiger charge is -2.16. The van der Waals surface area contributed by atoms with E-state index in [9.17, 15) is 0 Å². The molecule has 0 aliphatic carbocycles. The summed E-state index contributed by atoms with van der Waals surface area (Å²) in [7, 11) is 0. The maximum Gasteiger partial charge on any atom is 0.125 e. The molecule has 2 heterocycles. The van der Waals surface area contributed by atoms with Crippen molar-refractivity contribution in [3.05, 3.63) is 59.8 Å². The van der Waals surface area contributed by atoms with Crippen molar-refractivity contribution in [1.29, 1.82) is 5.26 Å². The lowest BCUT2D eigenvalue weighted by molar-refractivity contribution is 0.319. The number of anilines is 1. The normalized spacial score (nSPS) is 18.0. The Bertz CT molecular complexity index is 648. The number of pyridine rings is 1. The highest BCUT2D eigenvalue weighted by Gasteiger charge is 2.22. The number of rotatable bonds is 5. The summed E-state index contributed by atoms with van der Waals surface area (Å²) in [5.74, 6) is 1.60. The number of nitrogens with zero attached hydrogens (tertiary/aromatic N) is 3. The molecule has 1 aliphatic rings. The van der Waals surface area contributed by atoms with Gasteiger partial charge in [-0.3, -0.25) is 4.90 Å². The van der Waals surface area contributed by atoms with Gasteiger partial charge in [-0.25, -0.2) is 4.98 Å². The summed E-state index contributed by atoms with van der Waals surface area (Å²) in [6.45, 7) is 4.10. The van der Waals surface area contributed by atoms with Crippen LogP contribution in [0.25, 0.3) is 0 Å². The van der Waals surface area contributed by atoms with Crippen LogP contribution in [0.3, 0.4) is 0 Å². The Morgan fingerprint density at radius 2 is 2.23 bits per heavy atom. The molecule has 2 aromatic rings. The Kier molecular flexibility index (Phi) is 4.67. The van der Waals surface area contributed by atoms with Crippen LogP contribution in [0.2, 0.25) is 0 Å². The predicted octanol–water partition coefficient (Wildman–Crippen LogP) is 2.89. The number of hydrogen-bond donors (Lipinski definition) is 1. The Morgan fingerprint density at radius 1 is 1.27 bits per heavy atom. The summed E-state index contributed by atoms with van der Waals surface area (Å²) >= 11 is 0. The third-order valence-electron chi connectivity index (χ3n) is 4.07. The van der Waals surface area contributed by atoms with Gasteiger partial charge in [0, 0.05) is 25.8 Å². The minimum Gasteiger partial charge on any atom is -0.370 e. The molecule has 1 atom stereocenters. The number of benzene rings is 1. The zero-order chi connectivity index (χ0) is 15.2. The Labute approximate surface area is 131 Å². The first-order valence-corrected chi connectivity index (χ1v) is 7.70. The first-order valence-electron chi connectivity index (χ1n) is 7.70. The second-order valence-corrected chi connectivity index (χ2v) is 5.80. The van der Waals surface area contributed by atoms with E-state index in [0.29, 0.717) is 5.92 Å². The fourth-order valence-electron chi connectivity index (χ4n) is 2.94. The molecule has 0 bridgehead atoms. The maximum atomic E-state index is 8.97. The predicted molar refractivity (Wildman–Crippen MR) is 87.3 cm³/mol. The van der Waals surface area contributed by atoms with Crippen LogP contribution in [-0.4, -0.2) is 29.5 Å². The average molecular weight is 292 g/mol. The maximum absolute atomic E-state index is 8.97. The van der Waals surface area contributed by atoms with Crippen LogP contribution < -0.4 is 5.32 Å². The highest BCUT2D eigenvalue weighted by atomic mass is 15.1. The van der Waals surface area contributed by atoms with E-state index in [4.69, 9.17) is 5.26 Å². The van der Waals surface area contributed by atoms with Crippen LogP contribution in [0.5, 0.6) is 0 Å². The topological polar surface area (TPSA) is 52.0 Å². The first kappa shape index (κ1) is 14.6. The quantitative estimate of drug-likeness (QED) is 0.920. The van der Waals surface area contributed by atoms with Gasteiger partial charge in [0.2, 0.25) is 0 Å². The fraction of sp³-hybridized carbons (Fsp3) is 0.333. The van der Waals surface area contributed by atoms with Crippen molar-refractivity contribution in [2.24, 2.45) is 5.92 Å². The fourth-order valence-corrected chi connectivity index (χ4v) is 2.94. The molecule has 4 heteroatoms. The summed E-state index contributed by atoms with van der Waals surface area (Å²) in [5.41, 5.74) is 1.96. The monoisotopic (exact) mass is 292 g/mol. The molecule has 0 radical (unpaired) electrons. The van der Waals surface area contributed by atoms with Crippen LogP contribution >= 0.6 is 0 Å². The average Bonchev–Trinajstić information content (AvgIpc) is 3.01. The van der Waals surface area contributed by atoms with Gasteiger partial charge in [-0.05, 0) is 48.7 Å². The van der Waals surface area contributed by atoms with E-state index in [1.54, 1.807) is 0 Å². The molecule has 1 fully saturated rings. The van der Waals surface area contributed by atoms with Crippen LogP contribution in [0, 0.1) is 17.2 Å². The molecule has 1 aliphatic heterocycles. The van der Waals surface area contributed by atoms with E-state index in [2.05, 4.69) is 27.3 Å². The second kappa shape index (κ2) is 7.06. The molecule has 0 saturated carbocycles. The largest absolute Gasteiger partial charge is 0.370 e. The zero-order valence-corrected chi connectivity index (χ0v) is 12.6. The van der Waals surface area contributed by atoms with Crippen molar-refractivity contribution in [1.82, 2.24) is 9.88 Å². The standard InChI is InChI=1S/C18H20N4/c19-11-15-4-3-5-16(10-15)13-22-9-7-17(14-22)12-21-18-6-1-2-8-20-18/h1-6,8,10,17H,7,9,12-14H2,(H,20,21). The van der Waals surface area contributed by atoms with Crippen molar-refractivity contribution in [2.45, 2.75) is 13.0 Å². The summed E-state index contributed by atoms with van der Waals surface area (Å²) in [5, 5.41) is 12.4. The van der Waals surface area contributed by atoms with Crippen LogP contribution in [-0.2, 0) is 6.54 Å². The second-order valence-electron chi connectivity index (χ2n) is 5.80. The third-order valence-corrected chi connectivity index (χ3v) is 4.07.